The number of carbonyl (C=O) groups is 1. The van der Waals surface area contributed by atoms with Crippen LogP contribution < -0.4 is 0 Å². The van der Waals surface area contributed by atoms with Gasteiger partial charge in [0.2, 0.25) is 0 Å². The number of aliphatic hydroxyl groups is 1. The van der Waals surface area contributed by atoms with E-state index in [9.17, 15) is 4.79 Å². The predicted octanol–water partition coefficient (Wildman–Crippen LogP) is 2.35. The van der Waals surface area contributed by atoms with Crippen LogP contribution in [0, 0.1) is 18.8 Å². The van der Waals surface area contributed by atoms with Gasteiger partial charge in [-0.25, -0.2) is 0 Å². The highest BCUT2D eigenvalue weighted by molar-refractivity contribution is 5.95. The average Bonchev–Trinajstić information content (AvgIpc) is 3.25. The Bertz CT molecular complexity index is 550. The average molecular weight is 271 g/mol. The van der Waals surface area contributed by atoms with Crippen LogP contribution in [0.4, 0.5) is 0 Å². The summed E-state index contributed by atoms with van der Waals surface area (Å²) in [5.41, 5.74) is 2.51. The van der Waals surface area contributed by atoms with Crippen molar-refractivity contribution >= 4 is 5.91 Å². The minimum atomic E-state index is -0.165. The Balaban J connectivity index is 2.26. The predicted molar refractivity (Wildman–Crippen MR) is 79.5 cm³/mol. The molecular formula is C17H21NO2. The molecule has 0 aromatic heterocycles. The third-order valence-electron chi connectivity index (χ3n) is 3.35. The van der Waals surface area contributed by atoms with Crippen molar-refractivity contribution < 1.29 is 9.90 Å². The number of amides is 1. The summed E-state index contributed by atoms with van der Waals surface area (Å²) in [7, 11) is 0. The van der Waals surface area contributed by atoms with Crippen LogP contribution in [0.2, 0.25) is 0 Å². The highest BCUT2D eigenvalue weighted by atomic mass is 16.2. The fourth-order valence-electron chi connectivity index (χ4n) is 2.36. The first-order valence-corrected chi connectivity index (χ1v) is 7.18. The Kier molecular flexibility index (Phi) is 4.81. The molecule has 0 spiro atoms. The normalized spacial score (nSPS) is 13.6. The van der Waals surface area contributed by atoms with Gasteiger partial charge in [0.05, 0.1) is 0 Å². The van der Waals surface area contributed by atoms with E-state index in [1.807, 2.05) is 30.0 Å². The maximum absolute atomic E-state index is 12.6. The summed E-state index contributed by atoms with van der Waals surface area (Å²) < 4.78 is 0. The second kappa shape index (κ2) is 6.58. The zero-order valence-corrected chi connectivity index (χ0v) is 12.1. The SMILES string of the molecule is CCCN(C(=O)c1cc(C)cc(C#CCO)c1)C1CC1. The lowest BCUT2D eigenvalue weighted by molar-refractivity contribution is 0.0743. The molecule has 106 valence electrons. The van der Waals surface area contributed by atoms with E-state index in [1.54, 1.807) is 0 Å². The first-order chi connectivity index (χ1) is 9.65. The molecule has 1 N–H and O–H groups in total. The molecule has 1 aliphatic carbocycles. The Hall–Kier alpha value is -1.79. The highest BCUT2D eigenvalue weighted by Gasteiger charge is 2.32. The second-order valence-corrected chi connectivity index (χ2v) is 5.28. The lowest BCUT2D eigenvalue weighted by Gasteiger charge is -2.22. The molecule has 20 heavy (non-hydrogen) atoms. The molecule has 1 fully saturated rings. The molecule has 3 nitrogen and oxygen atoms in total. The van der Waals surface area contributed by atoms with Gasteiger partial charge in [0.1, 0.15) is 6.61 Å². The van der Waals surface area contributed by atoms with Crippen LogP contribution in [-0.4, -0.2) is 35.1 Å². The molecule has 0 radical (unpaired) electrons. The van der Waals surface area contributed by atoms with Crippen LogP contribution in [0.25, 0.3) is 0 Å². The summed E-state index contributed by atoms with van der Waals surface area (Å²) >= 11 is 0. The number of aryl methyl sites for hydroxylation is 1. The van der Waals surface area contributed by atoms with Crippen LogP contribution in [-0.2, 0) is 0 Å². The Morgan fingerprint density at radius 1 is 1.40 bits per heavy atom. The van der Waals surface area contributed by atoms with Crippen molar-refractivity contribution in [3.05, 3.63) is 34.9 Å². The van der Waals surface area contributed by atoms with Crippen LogP contribution in [0.1, 0.15) is 47.7 Å². The summed E-state index contributed by atoms with van der Waals surface area (Å²) in [6, 6.07) is 6.09. The van der Waals surface area contributed by atoms with E-state index in [-0.39, 0.29) is 12.5 Å². The highest BCUT2D eigenvalue weighted by Crippen LogP contribution is 2.28. The Morgan fingerprint density at radius 3 is 2.75 bits per heavy atom. The molecule has 0 aliphatic heterocycles. The van der Waals surface area contributed by atoms with E-state index < -0.39 is 0 Å². The Labute approximate surface area is 120 Å². The van der Waals surface area contributed by atoms with E-state index >= 15 is 0 Å². The molecule has 1 aliphatic rings. The quantitative estimate of drug-likeness (QED) is 0.854. The number of hydrogen-bond acceptors (Lipinski definition) is 2. The van der Waals surface area contributed by atoms with Gasteiger partial charge in [-0.3, -0.25) is 4.79 Å². The molecule has 1 aromatic rings. The summed E-state index contributed by atoms with van der Waals surface area (Å²) in [5, 5.41) is 8.77. The van der Waals surface area contributed by atoms with Gasteiger partial charge >= 0.3 is 0 Å². The van der Waals surface area contributed by atoms with E-state index in [0.717, 1.165) is 36.9 Å². The van der Waals surface area contributed by atoms with Crippen molar-refractivity contribution in [3.8, 4) is 11.8 Å². The maximum atomic E-state index is 12.6. The van der Waals surface area contributed by atoms with Crippen molar-refractivity contribution in [3.63, 3.8) is 0 Å². The molecule has 1 saturated carbocycles. The van der Waals surface area contributed by atoms with Gasteiger partial charge in [0.25, 0.3) is 5.91 Å². The minimum absolute atomic E-state index is 0.102. The van der Waals surface area contributed by atoms with Crippen molar-refractivity contribution in [1.82, 2.24) is 4.90 Å². The van der Waals surface area contributed by atoms with Gasteiger partial charge in [-0.05, 0) is 49.9 Å². The molecule has 2 rings (SSSR count). The lowest BCUT2D eigenvalue weighted by atomic mass is 10.1. The zero-order chi connectivity index (χ0) is 14.5. The van der Waals surface area contributed by atoms with E-state index in [4.69, 9.17) is 5.11 Å². The number of carbonyl (C=O) groups excluding carboxylic acids is 1. The van der Waals surface area contributed by atoms with Crippen molar-refractivity contribution in [2.45, 2.75) is 39.2 Å². The molecule has 0 heterocycles. The fraction of sp³-hybridized carbons (Fsp3) is 0.471. The number of aliphatic hydroxyl groups excluding tert-OH is 1. The smallest absolute Gasteiger partial charge is 0.254 e. The number of hydrogen-bond donors (Lipinski definition) is 1. The minimum Gasteiger partial charge on any atom is -0.384 e. The van der Waals surface area contributed by atoms with Gasteiger partial charge in [-0.15, -0.1) is 0 Å². The van der Waals surface area contributed by atoms with E-state index in [2.05, 4.69) is 18.8 Å². The summed E-state index contributed by atoms with van der Waals surface area (Å²) in [5.74, 6) is 5.61. The van der Waals surface area contributed by atoms with Crippen molar-refractivity contribution in [1.29, 1.82) is 0 Å². The summed E-state index contributed by atoms with van der Waals surface area (Å²) in [6.07, 6.45) is 3.22. The molecule has 1 amide bonds. The zero-order valence-electron chi connectivity index (χ0n) is 12.1. The second-order valence-electron chi connectivity index (χ2n) is 5.28. The molecule has 0 atom stereocenters. The van der Waals surface area contributed by atoms with Gasteiger partial charge in [0, 0.05) is 23.7 Å². The first kappa shape index (κ1) is 14.6. The molecular weight excluding hydrogens is 250 g/mol. The summed E-state index contributed by atoms with van der Waals surface area (Å²) in [4.78, 5) is 14.6. The van der Waals surface area contributed by atoms with Crippen molar-refractivity contribution in [2.75, 3.05) is 13.2 Å². The fourth-order valence-corrected chi connectivity index (χ4v) is 2.36. The van der Waals surface area contributed by atoms with E-state index in [1.165, 1.54) is 0 Å². The summed E-state index contributed by atoms with van der Waals surface area (Å²) in [6.45, 7) is 4.70. The van der Waals surface area contributed by atoms with Crippen LogP contribution >= 0.6 is 0 Å². The standard InChI is InChI=1S/C17H21NO2/c1-3-8-18(16-6-7-16)17(20)15-11-13(2)10-14(12-15)5-4-9-19/h10-12,16,19H,3,6-9H2,1-2H3. The largest absolute Gasteiger partial charge is 0.384 e. The van der Waals surface area contributed by atoms with Crippen LogP contribution in [0.15, 0.2) is 18.2 Å². The number of rotatable bonds is 4. The topological polar surface area (TPSA) is 40.5 Å². The molecule has 3 heteroatoms. The monoisotopic (exact) mass is 271 g/mol. The molecule has 0 bridgehead atoms. The van der Waals surface area contributed by atoms with Crippen molar-refractivity contribution in [2.24, 2.45) is 0 Å². The number of nitrogens with zero attached hydrogens (tertiary/aromatic N) is 1. The molecule has 0 unspecified atom stereocenters. The molecule has 1 aromatic carbocycles. The van der Waals surface area contributed by atoms with Crippen LogP contribution in [0.5, 0.6) is 0 Å². The van der Waals surface area contributed by atoms with Gasteiger partial charge in [0.15, 0.2) is 0 Å². The van der Waals surface area contributed by atoms with Crippen LogP contribution in [0.3, 0.4) is 0 Å². The third kappa shape index (κ3) is 3.61. The third-order valence-corrected chi connectivity index (χ3v) is 3.35. The van der Waals surface area contributed by atoms with E-state index in [0.29, 0.717) is 11.6 Å². The Morgan fingerprint density at radius 2 is 2.15 bits per heavy atom. The number of benzene rings is 1. The maximum Gasteiger partial charge on any atom is 0.254 e. The molecule has 0 saturated heterocycles. The first-order valence-electron chi connectivity index (χ1n) is 7.18. The van der Waals surface area contributed by atoms with Gasteiger partial charge in [-0.2, -0.15) is 0 Å². The van der Waals surface area contributed by atoms with Gasteiger partial charge in [-0.1, -0.05) is 18.8 Å². The van der Waals surface area contributed by atoms with Gasteiger partial charge < -0.3 is 10.0 Å². The lowest BCUT2D eigenvalue weighted by Crippen LogP contribution is -2.33.